The number of nitrogens with zero attached hydrogens (tertiary/aromatic N) is 1. The van der Waals surface area contributed by atoms with E-state index in [0.29, 0.717) is 28.7 Å². The monoisotopic (exact) mass is 323 g/mol. The summed E-state index contributed by atoms with van der Waals surface area (Å²) in [5, 5.41) is 6.97. The Morgan fingerprint density at radius 1 is 1.24 bits per heavy atom. The van der Waals surface area contributed by atoms with Crippen LogP contribution >= 0.6 is 23.2 Å². The third-order valence-corrected chi connectivity index (χ3v) is 3.57. The van der Waals surface area contributed by atoms with Gasteiger partial charge in [0.2, 0.25) is 0 Å². The zero-order valence-electron chi connectivity index (χ0n) is 11.5. The summed E-state index contributed by atoms with van der Waals surface area (Å²) in [4.78, 5) is 16.0. The van der Waals surface area contributed by atoms with Crippen LogP contribution in [0.3, 0.4) is 0 Å². The van der Waals surface area contributed by atoms with Gasteiger partial charge >= 0.3 is 0 Å². The highest BCUT2D eigenvalue weighted by molar-refractivity contribution is 6.35. The molecule has 1 aromatic carbocycles. The number of halogens is 2. The van der Waals surface area contributed by atoms with Gasteiger partial charge in [-0.15, -0.1) is 0 Å². The normalized spacial score (nSPS) is 10.2. The number of hydrogen-bond acceptors (Lipinski definition) is 3. The van der Waals surface area contributed by atoms with Gasteiger partial charge in [0.25, 0.3) is 5.91 Å². The molecule has 0 aliphatic rings. The fourth-order valence-corrected chi connectivity index (χ4v) is 2.30. The molecule has 0 aliphatic carbocycles. The molecule has 4 nitrogen and oxygen atoms in total. The Hall–Kier alpha value is -1.78. The fraction of sp³-hybridized carbons (Fsp3) is 0.200. The van der Waals surface area contributed by atoms with E-state index in [2.05, 4.69) is 15.6 Å². The Bertz CT molecular complexity index is 629. The molecule has 110 valence electrons. The largest absolute Gasteiger partial charge is 0.387 e. The van der Waals surface area contributed by atoms with Crippen molar-refractivity contribution in [2.45, 2.75) is 6.42 Å². The first-order chi connectivity index (χ1) is 10.1. The lowest BCUT2D eigenvalue weighted by molar-refractivity contribution is 0.0949. The first-order valence-corrected chi connectivity index (χ1v) is 7.21. The zero-order valence-corrected chi connectivity index (χ0v) is 13.0. The van der Waals surface area contributed by atoms with Crippen LogP contribution in [0.4, 0.5) is 5.69 Å². The Labute approximate surface area is 133 Å². The highest BCUT2D eigenvalue weighted by atomic mass is 35.5. The topological polar surface area (TPSA) is 54.0 Å². The van der Waals surface area contributed by atoms with Crippen LogP contribution in [-0.4, -0.2) is 24.5 Å². The molecule has 0 saturated heterocycles. The number of anilines is 1. The van der Waals surface area contributed by atoms with Gasteiger partial charge in [-0.2, -0.15) is 0 Å². The molecule has 2 aromatic rings. The second-order valence-electron chi connectivity index (χ2n) is 4.42. The standard InChI is InChI=1S/C15H15Cl2N3O/c1-18-12-4-5-14(20-9-12)15(21)19-7-6-10-2-3-11(16)8-13(10)17/h2-5,8-9,18H,6-7H2,1H3,(H,19,21). The summed E-state index contributed by atoms with van der Waals surface area (Å²) in [5.74, 6) is -0.206. The Balaban J connectivity index is 1.88. The van der Waals surface area contributed by atoms with E-state index in [1.54, 1.807) is 37.5 Å². The molecular weight excluding hydrogens is 309 g/mol. The third kappa shape index (κ3) is 4.34. The molecule has 2 rings (SSSR count). The number of rotatable bonds is 5. The van der Waals surface area contributed by atoms with Crippen LogP contribution in [0.5, 0.6) is 0 Å². The Morgan fingerprint density at radius 3 is 2.67 bits per heavy atom. The second-order valence-corrected chi connectivity index (χ2v) is 5.27. The van der Waals surface area contributed by atoms with Gasteiger partial charge < -0.3 is 10.6 Å². The molecule has 1 heterocycles. The maximum atomic E-state index is 11.9. The van der Waals surface area contributed by atoms with E-state index >= 15 is 0 Å². The van der Waals surface area contributed by atoms with Gasteiger partial charge in [-0.05, 0) is 36.2 Å². The van der Waals surface area contributed by atoms with Crippen molar-refractivity contribution >= 4 is 34.8 Å². The van der Waals surface area contributed by atoms with Gasteiger partial charge in [-0.3, -0.25) is 4.79 Å². The van der Waals surface area contributed by atoms with E-state index in [1.165, 1.54) is 0 Å². The second kappa shape index (κ2) is 7.29. The first-order valence-electron chi connectivity index (χ1n) is 6.46. The van der Waals surface area contributed by atoms with Crippen LogP contribution in [0, 0.1) is 0 Å². The predicted octanol–water partition coefficient (Wildman–Crippen LogP) is 3.40. The van der Waals surface area contributed by atoms with E-state index in [0.717, 1.165) is 11.3 Å². The molecule has 0 spiro atoms. The van der Waals surface area contributed by atoms with E-state index in [-0.39, 0.29) is 5.91 Å². The fourth-order valence-electron chi connectivity index (χ4n) is 1.80. The van der Waals surface area contributed by atoms with Crippen LogP contribution in [0.1, 0.15) is 16.1 Å². The molecule has 0 radical (unpaired) electrons. The molecule has 0 saturated carbocycles. The number of pyridine rings is 1. The van der Waals surface area contributed by atoms with Gasteiger partial charge in [0.1, 0.15) is 5.69 Å². The minimum Gasteiger partial charge on any atom is -0.387 e. The van der Waals surface area contributed by atoms with Crippen LogP contribution in [-0.2, 0) is 6.42 Å². The summed E-state index contributed by atoms with van der Waals surface area (Å²) in [6, 6.07) is 8.81. The summed E-state index contributed by atoms with van der Waals surface area (Å²) >= 11 is 11.9. The number of amides is 1. The molecular formula is C15H15Cl2N3O. The Morgan fingerprint density at radius 2 is 2.05 bits per heavy atom. The highest BCUT2D eigenvalue weighted by Crippen LogP contribution is 2.21. The number of benzene rings is 1. The maximum Gasteiger partial charge on any atom is 0.269 e. The van der Waals surface area contributed by atoms with E-state index < -0.39 is 0 Å². The number of nitrogens with one attached hydrogen (secondary N) is 2. The van der Waals surface area contributed by atoms with Crippen molar-refractivity contribution in [1.82, 2.24) is 10.3 Å². The number of aromatic nitrogens is 1. The smallest absolute Gasteiger partial charge is 0.269 e. The minimum atomic E-state index is -0.206. The summed E-state index contributed by atoms with van der Waals surface area (Å²) in [5.41, 5.74) is 2.19. The van der Waals surface area contributed by atoms with E-state index in [1.807, 2.05) is 6.07 Å². The quantitative estimate of drug-likeness (QED) is 0.886. The van der Waals surface area contributed by atoms with Crippen LogP contribution in [0.15, 0.2) is 36.5 Å². The van der Waals surface area contributed by atoms with Gasteiger partial charge in [0.15, 0.2) is 0 Å². The molecule has 1 amide bonds. The van der Waals surface area contributed by atoms with E-state index in [9.17, 15) is 4.79 Å². The number of carbonyl (C=O) groups is 1. The molecule has 0 aliphatic heterocycles. The molecule has 0 bridgehead atoms. The molecule has 21 heavy (non-hydrogen) atoms. The zero-order chi connectivity index (χ0) is 15.2. The lowest BCUT2D eigenvalue weighted by Gasteiger charge is -2.07. The molecule has 0 fully saturated rings. The summed E-state index contributed by atoms with van der Waals surface area (Å²) in [7, 11) is 1.80. The average molecular weight is 324 g/mol. The Kier molecular flexibility index (Phi) is 5.42. The van der Waals surface area contributed by atoms with Gasteiger partial charge in [-0.1, -0.05) is 29.3 Å². The van der Waals surface area contributed by atoms with Crippen molar-refractivity contribution in [3.63, 3.8) is 0 Å². The molecule has 1 aromatic heterocycles. The number of carbonyl (C=O) groups excluding carboxylic acids is 1. The maximum absolute atomic E-state index is 11.9. The van der Waals surface area contributed by atoms with Crippen molar-refractivity contribution in [3.05, 3.63) is 57.8 Å². The molecule has 0 unspecified atom stereocenters. The average Bonchev–Trinajstić information content (AvgIpc) is 2.49. The van der Waals surface area contributed by atoms with Crippen molar-refractivity contribution in [1.29, 1.82) is 0 Å². The molecule has 2 N–H and O–H groups in total. The highest BCUT2D eigenvalue weighted by Gasteiger charge is 2.07. The third-order valence-electron chi connectivity index (χ3n) is 2.98. The first kappa shape index (κ1) is 15.6. The van der Waals surface area contributed by atoms with Crippen molar-refractivity contribution < 1.29 is 4.79 Å². The summed E-state index contributed by atoms with van der Waals surface area (Å²) in [6.45, 7) is 0.482. The lowest BCUT2D eigenvalue weighted by Crippen LogP contribution is -2.26. The van der Waals surface area contributed by atoms with Crippen LogP contribution < -0.4 is 10.6 Å². The van der Waals surface area contributed by atoms with Gasteiger partial charge in [0, 0.05) is 23.6 Å². The summed E-state index contributed by atoms with van der Waals surface area (Å²) in [6.07, 6.45) is 2.25. The summed E-state index contributed by atoms with van der Waals surface area (Å²) < 4.78 is 0. The van der Waals surface area contributed by atoms with Crippen molar-refractivity contribution in [2.24, 2.45) is 0 Å². The predicted molar refractivity (Wildman–Crippen MR) is 86.3 cm³/mol. The molecule has 0 atom stereocenters. The van der Waals surface area contributed by atoms with Gasteiger partial charge in [-0.25, -0.2) is 4.98 Å². The van der Waals surface area contributed by atoms with Gasteiger partial charge in [0.05, 0.1) is 11.9 Å². The molecule has 6 heteroatoms. The number of hydrogen-bond donors (Lipinski definition) is 2. The van der Waals surface area contributed by atoms with Crippen LogP contribution in [0.2, 0.25) is 10.0 Å². The van der Waals surface area contributed by atoms with Crippen molar-refractivity contribution in [3.8, 4) is 0 Å². The SMILES string of the molecule is CNc1ccc(C(=O)NCCc2ccc(Cl)cc2Cl)nc1. The minimum absolute atomic E-state index is 0.206. The van der Waals surface area contributed by atoms with Crippen molar-refractivity contribution in [2.75, 3.05) is 18.9 Å². The van der Waals surface area contributed by atoms with Crippen LogP contribution in [0.25, 0.3) is 0 Å². The van der Waals surface area contributed by atoms with E-state index in [4.69, 9.17) is 23.2 Å². The lowest BCUT2D eigenvalue weighted by atomic mass is 10.1.